The van der Waals surface area contributed by atoms with Crippen molar-refractivity contribution in [3.05, 3.63) is 0 Å². The second-order valence-corrected chi connectivity index (χ2v) is 7.56. The maximum Gasteiger partial charge on any atom is 0.0713 e. The van der Waals surface area contributed by atoms with Crippen LogP contribution in [0.25, 0.3) is 0 Å². The summed E-state index contributed by atoms with van der Waals surface area (Å²) < 4.78 is 0. The Morgan fingerprint density at radius 3 is 2.12 bits per heavy atom. The first-order valence-electron chi connectivity index (χ1n) is 7.05. The summed E-state index contributed by atoms with van der Waals surface area (Å²) >= 11 is 0. The van der Waals surface area contributed by atoms with Gasteiger partial charge in [0, 0.05) is 0 Å². The summed E-state index contributed by atoms with van der Waals surface area (Å²) in [7, 11) is 0. The van der Waals surface area contributed by atoms with E-state index in [-0.39, 0.29) is 5.60 Å². The predicted octanol–water partition coefficient (Wildman–Crippen LogP) is 4.00. The highest BCUT2D eigenvalue weighted by atomic mass is 16.3. The lowest BCUT2D eigenvalue weighted by molar-refractivity contribution is 0.0825. The summed E-state index contributed by atoms with van der Waals surface area (Å²) in [6.07, 6.45) is 7.52. The Hall–Kier alpha value is -0.0400. The maximum atomic E-state index is 10.7. The molecule has 16 heavy (non-hydrogen) atoms. The highest BCUT2D eigenvalue weighted by Gasteiger charge is 2.63. The van der Waals surface area contributed by atoms with Crippen molar-refractivity contribution in [2.24, 2.45) is 23.2 Å². The number of hydrogen-bond donors (Lipinski definition) is 1. The van der Waals surface area contributed by atoms with Crippen LogP contribution in [0, 0.1) is 23.2 Å². The molecule has 2 saturated carbocycles. The molecule has 0 aromatic carbocycles. The zero-order chi connectivity index (χ0) is 12.0. The summed E-state index contributed by atoms with van der Waals surface area (Å²) in [6.45, 7) is 9.21. The normalized spacial score (nSPS) is 40.3. The molecule has 0 radical (unpaired) electrons. The lowest BCUT2D eigenvalue weighted by Gasteiger charge is -2.25. The van der Waals surface area contributed by atoms with E-state index in [2.05, 4.69) is 27.7 Å². The lowest BCUT2D eigenvalue weighted by Crippen LogP contribution is -2.20. The minimum atomic E-state index is -0.263. The third-order valence-electron chi connectivity index (χ3n) is 4.58. The van der Waals surface area contributed by atoms with Crippen LogP contribution in [0.5, 0.6) is 0 Å². The van der Waals surface area contributed by atoms with E-state index >= 15 is 0 Å². The van der Waals surface area contributed by atoms with Crippen molar-refractivity contribution in [3.8, 4) is 0 Å². The van der Waals surface area contributed by atoms with Crippen LogP contribution >= 0.6 is 0 Å². The van der Waals surface area contributed by atoms with Crippen molar-refractivity contribution in [1.82, 2.24) is 0 Å². The highest BCUT2D eigenvalue weighted by molar-refractivity contribution is 5.13. The molecule has 2 aliphatic carbocycles. The Kier molecular flexibility index (Phi) is 3.11. The Morgan fingerprint density at radius 1 is 1.19 bits per heavy atom. The van der Waals surface area contributed by atoms with Gasteiger partial charge in [-0.2, -0.15) is 0 Å². The average molecular weight is 224 g/mol. The highest BCUT2D eigenvalue weighted by Crippen LogP contribution is 2.61. The quantitative estimate of drug-likeness (QED) is 0.768. The molecule has 0 aromatic heterocycles. The van der Waals surface area contributed by atoms with E-state index in [1.165, 1.54) is 32.1 Å². The van der Waals surface area contributed by atoms with E-state index in [1.807, 2.05) is 0 Å². The van der Waals surface area contributed by atoms with Gasteiger partial charge in [0.2, 0.25) is 0 Å². The molecule has 1 N–H and O–H groups in total. The Balaban J connectivity index is 1.86. The van der Waals surface area contributed by atoms with Crippen LogP contribution in [0.3, 0.4) is 0 Å². The second-order valence-electron chi connectivity index (χ2n) is 7.56. The van der Waals surface area contributed by atoms with E-state index in [0.717, 1.165) is 6.42 Å². The van der Waals surface area contributed by atoms with Crippen LogP contribution in [0.2, 0.25) is 0 Å². The van der Waals surface area contributed by atoms with Gasteiger partial charge < -0.3 is 5.11 Å². The van der Waals surface area contributed by atoms with Crippen molar-refractivity contribution in [2.45, 2.75) is 71.8 Å². The second kappa shape index (κ2) is 4.01. The van der Waals surface area contributed by atoms with Gasteiger partial charge in [0.05, 0.1) is 5.60 Å². The van der Waals surface area contributed by atoms with E-state index in [1.54, 1.807) is 0 Å². The summed E-state index contributed by atoms with van der Waals surface area (Å²) in [6, 6.07) is 0. The minimum Gasteiger partial charge on any atom is -0.389 e. The zero-order valence-corrected chi connectivity index (χ0v) is 11.4. The molecule has 0 bridgehead atoms. The standard InChI is InChI=1S/C15H28O/c1-11(9-14(2,3)4)10-15(16)12-7-5-6-8-13(12)15/h11-13,16H,5-10H2,1-4H3. The van der Waals surface area contributed by atoms with Crippen LogP contribution in [0.1, 0.15) is 66.2 Å². The number of fused-ring (bicyclic) bond motifs is 1. The van der Waals surface area contributed by atoms with Gasteiger partial charge in [-0.25, -0.2) is 0 Å². The smallest absolute Gasteiger partial charge is 0.0713 e. The minimum absolute atomic E-state index is 0.263. The molecule has 2 aliphatic rings. The Bertz CT molecular complexity index is 239. The molecule has 94 valence electrons. The van der Waals surface area contributed by atoms with Crippen molar-refractivity contribution in [3.63, 3.8) is 0 Å². The van der Waals surface area contributed by atoms with Gasteiger partial charge in [-0.05, 0) is 48.9 Å². The largest absolute Gasteiger partial charge is 0.389 e. The number of hydrogen-bond acceptors (Lipinski definition) is 1. The number of aliphatic hydroxyl groups is 1. The van der Waals surface area contributed by atoms with Gasteiger partial charge >= 0.3 is 0 Å². The Labute approximate surface area is 101 Å². The summed E-state index contributed by atoms with van der Waals surface area (Å²) in [5.41, 5.74) is 0.136. The maximum absolute atomic E-state index is 10.7. The molecular weight excluding hydrogens is 196 g/mol. The van der Waals surface area contributed by atoms with Crippen LogP contribution in [-0.2, 0) is 0 Å². The molecule has 3 atom stereocenters. The first kappa shape index (κ1) is 12.4. The topological polar surface area (TPSA) is 20.2 Å². The number of rotatable bonds is 3. The molecular formula is C15H28O. The first-order chi connectivity index (χ1) is 7.33. The molecule has 0 aromatic rings. The third kappa shape index (κ3) is 2.45. The van der Waals surface area contributed by atoms with Crippen LogP contribution in [0.4, 0.5) is 0 Å². The Morgan fingerprint density at radius 2 is 1.69 bits per heavy atom. The first-order valence-corrected chi connectivity index (χ1v) is 7.05. The van der Waals surface area contributed by atoms with Gasteiger partial charge in [-0.15, -0.1) is 0 Å². The molecule has 1 nitrogen and oxygen atoms in total. The van der Waals surface area contributed by atoms with E-state index in [9.17, 15) is 5.11 Å². The van der Waals surface area contributed by atoms with Crippen LogP contribution in [0.15, 0.2) is 0 Å². The van der Waals surface area contributed by atoms with Gasteiger partial charge in [-0.1, -0.05) is 40.5 Å². The van der Waals surface area contributed by atoms with E-state index < -0.39 is 0 Å². The third-order valence-corrected chi connectivity index (χ3v) is 4.58. The van der Waals surface area contributed by atoms with Gasteiger partial charge in [0.25, 0.3) is 0 Å². The van der Waals surface area contributed by atoms with Gasteiger partial charge in [-0.3, -0.25) is 0 Å². The van der Waals surface area contributed by atoms with E-state index in [0.29, 0.717) is 23.2 Å². The van der Waals surface area contributed by atoms with Gasteiger partial charge in [0.15, 0.2) is 0 Å². The van der Waals surface area contributed by atoms with Gasteiger partial charge in [0.1, 0.15) is 0 Å². The monoisotopic (exact) mass is 224 g/mol. The molecule has 0 saturated heterocycles. The predicted molar refractivity (Wildman–Crippen MR) is 68.3 cm³/mol. The summed E-state index contributed by atoms with van der Waals surface area (Å²) in [4.78, 5) is 0. The fraction of sp³-hybridized carbons (Fsp3) is 1.00. The van der Waals surface area contributed by atoms with Crippen molar-refractivity contribution in [1.29, 1.82) is 0 Å². The van der Waals surface area contributed by atoms with Crippen LogP contribution < -0.4 is 0 Å². The van der Waals surface area contributed by atoms with Crippen molar-refractivity contribution in [2.75, 3.05) is 0 Å². The fourth-order valence-electron chi connectivity index (χ4n) is 4.20. The molecule has 2 rings (SSSR count). The molecule has 0 heterocycles. The molecule has 3 unspecified atom stereocenters. The fourth-order valence-corrected chi connectivity index (χ4v) is 4.20. The average Bonchev–Trinajstić information content (AvgIpc) is 2.69. The summed E-state index contributed by atoms with van der Waals surface area (Å²) in [5.74, 6) is 1.97. The lowest BCUT2D eigenvalue weighted by atomic mass is 9.82. The van der Waals surface area contributed by atoms with Crippen molar-refractivity contribution < 1.29 is 5.11 Å². The molecule has 0 amide bonds. The summed E-state index contributed by atoms with van der Waals surface area (Å²) in [5, 5.41) is 10.7. The van der Waals surface area contributed by atoms with Crippen LogP contribution in [-0.4, -0.2) is 10.7 Å². The molecule has 0 spiro atoms. The SMILES string of the molecule is CC(CC(C)(C)C)CC1(O)C2CCCCC21. The van der Waals surface area contributed by atoms with E-state index in [4.69, 9.17) is 0 Å². The zero-order valence-electron chi connectivity index (χ0n) is 11.4. The molecule has 2 fully saturated rings. The molecule has 0 aliphatic heterocycles. The van der Waals surface area contributed by atoms with Crippen molar-refractivity contribution >= 4 is 0 Å². The molecule has 1 heteroatoms.